The third kappa shape index (κ3) is 3.66. The minimum Gasteiger partial charge on any atom is -0.481 e. The molecule has 0 unspecified atom stereocenters. The predicted octanol–water partition coefficient (Wildman–Crippen LogP) is 3.11. The number of nitrogens with zero attached hydrogens (tertiary/aromatic N) is 1. The van der Waals surface area contributed by atoms with E-state index >= 15 is 0 Å². The lowest BCUT2D eigenvalue weighted by Gasteiger charge is -2.23. The van der Waals surface area contributed by atoms with Crippen molar-refractivity contribution in [2.24, 2.45) is 11.8 Å². The summed E-state index contributed by atoms with van der Waals surface area (Å²) in [5.41, 5.74) is 0. The molecule has 2 saturated heterocycles. The zero-order valence-electron chi connectivity index (χ0n) is 15.0. The van der Waals surface area contributed by atoms with E-state index in [-0.39, 0.29) is 10.6 Å². The number of sulfonamides is 1. The van der Waals surface area contributed by atoms with Crippen molar-refractivity contribution in [2.75, 3.05) is 19.7 Å². The van der Waals surface area contributed by atoms with Crippen molar-refractivity contribution in [3.05, 3.63) is 36.4 Å². The lowest BCUT2D eigenvalue weighted by molar-refractivity contribution is -0.139. The van der Waals surface area contributed by atoms with E-state index in [4.69, 9.17) is 9.84 Å². The summed E-state index contributed by atoms with van der Waals surface area (Å²) in [6.45, 7) is 0.620. The van der Waals surface area contributed by atoms with E-state index in [9.17, 15) is 13.2 Å². The fourth-order valence-electron chi connectivity index (χ4n) is 4.25. The minimum absolute atomic E-state index is 0.169. The van der Waals surface area contributed by atoms with E-state index in [1.54, 1.807) is 16.4 Å². The Morgan fingerprint density at radius 1 is 1.07 bits per heavy atom. The lowest BCUT2D eigenvalue weighted by atomic mass is 9.84. The smallest absolute Gasteiger partial charge is 0.341 e. The lowest BCUT2D eigenvalue weighted by Crippen LogP contribution is -2.34. The van der Waals surface area contributed by atoms with Crippen LogP contribution in [0.15, 0.2) is 41.3 Å². The van der Waals surface area contributed by atoms with Gasteiger partial charge in [-0.2, -0.15) is 4.31 Å². The van der Waals surface area contributed by atoms with Gasteiger partial charge in [0, 0.05) is 24.5 Å². The van der Waals surface area contributed by atoms with E-state index in [1.165, 1.54) is 6.07 Å². The molecule has 2 aromatic rings. The second-order valence-electron chi connectivity index (χ2n) is 7.53. The van der Waals surface area contributed by atoms with Gasteiger partial charge in [0.05, 0.1) is 4.90 Å². The topological polar surface area (TPSA) is 83.9 Å². The van der Waals surface area contributed by atoms with Crippen LogP contribution in [-0.2, 0) is 14.8 Å². The Labute approximate surface area is 158 Å². The number of carboxylic acid groups (broad SMARTS) is 1. The second kappa shape index (κ2) is 7.13. The maximum absolute atomic E-state index is 13.3. The molecule has 2 heterocycles. The van der Waals surface area contributed by atoms with Crippen LogP contribution in [0.3, 0.4) is 0 Å². The van der Waals surface area contributed by atoms with Crippen molar-refractivity contribution < 1.29 is 23.1 Å². The first kappa shape index (κ1) is 18.3. The number of fused-ring (bicyclic) bond motifs is 5. The van der Waals surface area contributed by atoms with Crippen LogP contribution >= 0.6 is 0 Å². The van der Waals surface area contributed by atoms with E-state index < -0.39 is 22.6 Å². The summed E-state index contributed by atoms with van der Waals surface area (Å²) < 4.78 is 33.7. The maximum Gasteiger partial charge on any atom is 0.341 e. The van der Waals surface area contributed by atoms with E-state index in [0.717, 1.165) is 31.1 Å². The van der Waals surface area contributed by atoms with Crippen LogP contribution in [0.5, 0.6) is 5.75 Å². The van der Waals surface area contributed by atoms with Gasteiger partial charge in [0.2, 0.25) is 10.0 Å². The van der Waals surface area contributed by atoms with Crippen LogP contribution in [0.4, 0.5) is 0 Å². The summed E-state index contributed by atoms with van der Waals surface area (Å²) in [7, 11) is -3.66. The molecule has 0 radical (unpaired) electrons. The van der Waals surface area contributed by atoms with Crippen LogP contribution in [0.25, 0.3) is 10.8 Å². The van der Waals surface area contributed by atoms with Gasteiger partial charge in [-0.05, 0) is 49.0 Å². The molecular formula is C20H23NO5S. The number of rotatable bonds is 5. The first-order valence-corrected chi connectivity index (χ1v) is 10.7. The van der Waals surface area contributed by atoms with E-state index in [1.807, 2.05) is 18.2 Å². The van der Waals surface area contributed by atoms with Crippen molar-refractivity contribution >= 4 is 26.8 Å². The first-order valence-electron chi connectivity index (χ1n) is 9.31. The third-order valence-electron chi connectivity index (χ3n) is 5.68. The summed E-state index contributed by atoms with van der Waals surface area (Å²) >= 11 is 0. The molecule has 0 aromatic heterocycles. The SMILES string of the molecule is O=C(O)COc1cc(S(=O)(=O)N2CC3CCC(CC3)C2)cc2ccccc12. The van der Waals surface area contributed by atoms with Crippen LogP contribution < -0.4 is 4.74 Å². The van der Waals surface area contributed by atoms with Crippen molar-refractivity contribution in [1.82, 2.24) is 4.31 Å². The largest absolute Gasteiger partial charge is 0.481 e. The highest BCUT2D eigenvalue weighted by molar-refractivity contribution is 7.89. The molecule has 1 saturated carbocycles. The summed E-state index contributed by atoms with van der Waals surface area (Å²) in [6.07, 6.45) is 4.39. The average molecular weight is 389 g/mol. The second-order valence-corrected chi connectivity index (χ2v) is 9.47. The quantitative estimate of drug-likeness (QED) is 0.849. The van der Waals surface area contributed by atoms with Crippen molar-refractivity contribution in [3.63, 3.8) is 0 Å². The van der Waals surface area contributed by atoms with E-state index in [2.05, 4.69) is 0 Å². The molecule has 0 atom stereocenters. The van der Waals surface area contributed by atoms with Gasteiger partial charge in [-0.1, -0.05) is 24.3 Å². The Kier molecular flexibility index (Phi) is 4.82. The Hall–Kier alpha value is -2.12. The van der Waals surface area contributed by atoms with Crippen LogP contribution in [0.1, 0.15) is 25.7 Å². The maximum atomic E-state index is 13.3. The van der Waals surface area contributed by atoms with Crippen LogP contribution in [0, 0.1) is 11.8 Å². The number of hydrogen-bond acceptors (Lipinski definition) is 4. The predicted molar refractivity (Wildman–Crippen MR) is 101 cm³/mol. The summed E-state index contributed by atoms with van der Waals surface area (Å²) in [5.74, 6) is 0.0479. The first-order chi connectivity index (χ1) is 12.9. The minimum atomic E-state index is -3.66. The van der Waals surface area contributed by atoms with Crippen molar-refractivity contribution in [3.8, 4) is 5.75 Å². The van der Waals surface area contributed by atoms with Crippen molar-refractivity contribution in [2.45, 2.75) is 30.6 Å². The molecule has 7 heteroatoms. The number of ether oxygens (including phenoxy) is 1. The van der Waals surface area contributed by atoms with Crippen LogP contribution in [-0.4, -0.2) is 43.5 Å². The van der Waals surface area contributed by atoms with Crippen molar-refractivity contribution in [1.29, 1.82) is 0 Å². The molecule has 144 valence electrons. The van der Waals surface area contributed by atoms with Gasteiger partial charge in [0.1, 0.15) is 5.75 Å². The van der Waals surface area contributed by atoms with Gasteiger partial charge in [-0.3, -0.25) is 0 Å². The number of benzene rings is 2. The summed E-state index contributed by atoms with van der Waals surface area (Å²) in [5, 5.41) is 10.3. The number of carboxylic acids is 1. The average Bonchev–Trinajstić information content (AvgIpc) is 3.00. The highest BCUT2D eigenvalue weighted by atomic mass is 32.2. The summed E-state index contributed by atoms with van der Waals surface area (Å²) in [4.78, 5) is 11.1. The molecule has 27 heavy (non-hydrogen) atoms. The van der Waals surface area contributed by atoms with Crippen LogP contribution in [0.2, 0.25) is 0 Å². The normalized spacial score (nSPS) is 23.3. The molecular weight excluding hydrogens is 366 g/mol. The Morgan fingerprint density at radius 3 is 2.33 bits per heavy atom. The fourth-order valence-corrected chi connectivity index (χ4v) is 5.89. The standard InChI is InChI=1S/C20H23NO5S/c22-20(23)13-26-19-10-17(9-16-3-1-2-4-18(16)19)27(24,25)21-11-14-5-6-15(12-21)8-7-14/h1-4,9-10,14-15H,5-8,11-13H2,(H,22,23). The van der Waals surface area contributed by atoms with Gasteiger partial charge in [0.15, 0.2) is 6.61 Å². The fraction of sp³-hybridized carbons (Fsp3) is 0.450. The molecule has 1 aliphatic carbocycles. The molecule has 2 aliphatic heterocycles. The number of hydrogen-bond donors (Lipinski definition) is 1. The molecule has 1 N–H and O–H groups in total. The Bertz CT molecular complexity index is 949. The molecule has 3 fully saturated rings. The molecule has 2 bridgehead atoms. The van der Waals surface area contributed by atoms with E-state index in [0.29, 0.717) is 30.3 Å². The number of aliphatic carboxylic acids is 1. The Balaban J connectivity index is 1.74. The Morgan fingerprint density at radius 2 is 1.70 bits per heavy atom. The third-order valence-corrected chi connectivity index (χ3v) is 7.49. The number of carbonyl (C=O) groups is 1. The van der Waals surface area contributed by atoms with Gasteiger partial charge in [-0.15, -0.1) is 0 Å². The molecule has 0 amide bonds. The zero-order chi connectivity index (χ0) is 19.0. The van der Waals surface area contributed by atoms with Gasteiger partial charge >= 0.3 is 5.97 Å². The monoisotopic (exact) mass is 389 g/mol. The molecule has 2 aromatic carbocycles. The van der Waals surface area contributed by atoms with Gasteiger partial charge in [0.25, 0.3) is 0 Å². The van der Waals surface area contributed by atoms with Gasteiger partial charge < -0.3 is 9.84 Å². The zero-order valence-corrected chi connectivity index (χ0v) is 15.8. The van der Waals surface area contributed by atoms with Gasteiger partial charge in [-0.25, -0.2) is 13.2 Å². The summed E-state index contributed by atoms with van der Waals surface area (Å²) in [6, 6.07) is 10.4. The molecule has 5 rings (SSSR count). The molecule has 0 spiro atoms. The molecule has 3 aliphatic rings. The molecule has 6 nitrogen and oxygen atoms in total. The highest BCUT2D eigenvalue weighted by Gasteiger charge is 2.36. The highest BCUT2D eigenvalue weighted by Crippen LogP contribution is 2.37.